The lowest BCUT2D eigenvalue weighted by Gasteiger charge is -2.24. The molecule has 0 aliphatic carbocycles. The molecule has 166 valence electrons. The first-order valence-electron chi connectivity index (χ1n) is 9.96. The third-order valence-corrected chi connectivity index (χ3v) is 6.09. The first-order valence-corrected chi connectivity index (χ1v) is 11.8. The number of hydrogen-bond acceptors (Lipinski definition) is 4. The van der Waals surface area contributed by atoms with Crippen molar-refractivity contribution in [3.05, 3.63) is 89.5 Å². The fourth-order valence-electron chi connectivity index (χ4n) is 3.23. The average molecular weight is 452 g/mol. The van der Waals surface area contributed by atoms with Gasteiger partial charge in [-0.05, 0) is 55.3 Å². The fraction of sp³-hybridized carbons (Fsp3) is 0.167. The van der Waals surface area contributed by atoms with Gasteiger partial charge in [0.05, 0.1) is 11.9 Å². The number of nitrogens with zero attached hydrogens (tertiary/aromatic N) is 1. The number of hydrogen-bond donors (Lipinski definition) is 2. The zero-order chi connectivity index (χ0) is 23.3. The van der Waals surface area contributed by atoms with E-state index >= 15 is 0 Å². The maximum Gasteiger partial charge on any atom is 0.255 e. The SMILES string of the molecule is Cc1ccccc1N(CC(=O)Nc1cccc(NC(=O)c2ccccc2)c1C)S(C)(=O)=O. The summed E-state index contributed by atoms with van der Waals surface area (Å²) in [4.78, 5) is 25.2. The summed E-state index contributed by atoms with van der Waals surface area (Å²) in [5.41, 5.74) is 3.41. The Morgan fingerprint density at radius 1 is 0.812 bits per heavy atom. The van der Waals surface area contributed by atoms with Crippen molar-refractivity contribution in [1.82, 2.24) is 0 Å². The van der Waals surface area contributed by atoms with E-state index in [0.717, 1.165) is 16.1 Å². The van der Waals surface area contributed by atoms with E-state index in [0.29, 0.717) is 28.2 Å². The Labute approximate surface area is 188 Å². The Kier molecular flexibility index (Phi) is 6.95. The van der Waals surface area contributed by atoms with E-state index < -0.39 is 15.9 Å². The molecule has 0 aliphatic heterocycles. The molecule has 0 radical (unpaired) electrons. The van der Waals surface area contributed by atoms with Crippen molar-refractivity contribution in [2.24, 2.45) is 0 Å². The summed E-state index contributed by atoms with van der Waals surface area (Å²) in [7, 11) is -3.68. The Balaban J connectivity index is 1.78. The van der Waals surface area contributed by atoms with E-state index in [1.165, 1.54) is 0 Å². The lowest BCUT2D eigenvalue weighted by Crippen LogP contribution is -2.38. The Morgan fingerprint density at radius 3 is 2.03 bits per heavy atom. The first-order chi connectivity index (χ1) is 15.2. The molecule has 0 saturated heterocycles. The minimum Gasteiger partial charge on any atom is -0.324 e. The van der Waals surface area contributed by atoms with Gasteiger partial charge in [0.2, 0.25) is 15.9 Å². The summed E-state index contributed by atoms with van der Waals surface area (Å²) in [5, 5.41) is 5.60. The molecule has 7 nitrogen and oxygen atoms in total. The highest BCUT2D eigenvalue weighted by Gasteiger charge is 2.22. The molecule has 2 N–H and O–H groups in total. The number of aryl methyl sites for hydroxylation is 1. The zero-order valence-corrected chi connectivity index (χ0v) is 18.9. The van der Waals surface area contributed by atoms with Gasteiger partial charge in [-0.2, -0.15) is 0 Å². The predicted octanol–water partition coefficient (Wildman–Crippen LogP) is 3.96. The Hall–Kier alpha value is -3.65. The van der Waals surface area contributed by atoms with Crippen LogP contribution in [0.4, 0.5) is 17.1 Å². The van der Waals surface area contributed by atoms with Gasteiger partial charge in [0.25, 0.3) is 5.91 Å². The maximum atomic E-state index is 12.8. The van der Waals surface area contributed by atoms with Gasteiger partial charge in [-0.25, -0.2) is 8.42 Å². The van der Waals surface area contributed by atoms with Crippen LogP contribution in [0.3, 0.4) is 0 Å². The van der Waals surface area contributed by atoms with Crippen LogP contribution in [0.25, 0.3) is 0 Å². The van der Waals surface area contributed by atoms with Crippen molar-refractivity contribution in [3.63, 3.8) is 0 Å². The molecular weight excluding hydrogens is 426 g/mol. The minimum absolute atomic E-state index is 0.264. The van der Waals surface area contributed by atoms with Gasteiger partial charge in [0.1, 0.15) is 6.54 Å². The summed E-state index contributed by atoms with van der Waals surface area (Å²) in [6.07, 6.45) is 1.07. The summed E-state index contributed by atoms with van der Waals surface area (Å²) >= 11 is 0. The summed E-state index contributed by atoms with van der Waals surface area (Å²) < 4.78 is 25.8. The lowest BCUT2D eigenvalue weighted by atomic mass is 10.1. The third-order valence-electron chi connectivity index (χ3n) is 4.96. The predicted molar refractivity (Wildman–Crippen MR) is 128 cm³/mol. The standard InChI is InChI=1S/C24H25N3O4S/c1-17-10-7-8-15-22(17)27(32(3,30)31)16-23(28)25-20-13-9-14-21(18(20)2)26-24(29)19-11-5-4-6-12-19/h4-15H,16H2,1-3H3,(H,25,28)(H,26,29). The first kappa shape index (κ1) is 23.0. The molecule has 3 rings (SSSR count). The van der Waals surface area contributed by atoms with Crippen LogP contribution < -0.4 is 14.9 Å². The van der Waals surface area contributed by atoms with E-state index in [1.54, 1.807) is 80.6 Å². The molecule has 3 aromatic carbocycles. The second kappa shape index (κ2) is 9.65. The molecule has 0 saturated carbocycles. The van der Waals surface area contributed by atoms with Gasteiger partial charge in [-0.3, -0.25) is 13.9 Å². The van der Waals surface area contributed by atoms with Gasteiger partial charge in [-0.1, -0.05) is 42.5 Å². The van der Waals surface area contributed by atoms with Crippen LogP contribution in [-0.2, 0) is 14.8 Å². The van der Waals surface area contributed by atoms with E-state index in [2.05, 4.69) is 10.6 Å². The normalized spacial score (nSPS) is 11.0. The minimum atomic E-state index is -3.68. The van der Waals surface area contributed by atoms with E-state index in [1.807, 2.05) is 6.07 Å². The van der Waals surface area contributed by atoms with E-state index in [9.17, 15) is 18.0 Å². The molecule has 0 aliphatic rings. The van der Waals surface area contributed by atoms with Crippen LogP contribution in [0, 0.1) is 13.8 Å². The van der Waals surface area contributed by atoms with Gasteiger partial charge in [0, 0.05) is 16.9 Å². The van der Waals surface area contributed by atoms with Crippen LogP contribution in [0.1, 0.15) is 21.5 Å². The molecule has 0 atom stereocenters. The van der Waals surface area contributed by atoms with Gasteiger partial charge >= 0.3 is 0 Å². The van der Waals surface area contributed by atoms with Crippen LogP contribution in [0.15, 0.2) is 72.8 Å². The van der Waals surface area contributed by atoms with E-state index in [4.69, 9.17) is 0 Å². The maximum absolute atomic E-state index is 12.8. The number of amides is 2. The van der Waals surface area contributed by atoms with Crippen LogP contribution in [-0.4, -0.2) is 33.0 Å². The van der Waals surface area contributed by atoms with Crippen molar-refractivity contribution in [2.75, 3.05) is 27.7 Å². The molecule has 3 aromatic rings. The average Bonchev–Trinajstić information content (AvgIpc) is 2.75. The second-order valence-corrected chi connectivity index (χ2v) is 9.31. The Morgan fingerprint density at radius 2 is 1.41 bits per heavy atom. The molecular formula is C24H25N3O4S. The Bertz CT molecular complexity index is 1240. The number of benzene rings is 3. The number of nitrogens with one attached hydrogen (secondary N) is 2. The number of para-hydroxylation sites is 1. The number of anilines is 3. The number of rotatable bonds is 7. The largest absolute Gasteiger partial charge is 0.324 e. The highest BCUT2D eigenvalue weighted by Crippen LogP contribution is 2.25. The van der Waals surface area contributed by atoms with Crippen LogP contribution in [0.2, 0.25) is 0 Å². The number of carbonyl (C=O) groups excluding carboxylic acids is 2. The monoisotopic (exact) mass is 451 g/mol. The summed E-state index contributed by atoms with van der Waals surface area (Å²) in [6.45, 7) is 3.18. The van der Waals surface area contributed by atoms with Crippen molar-refractivity contribution in [1.29, 1.82) is 0 Å². The molecule has 0 heterocycles. The molecule has 32 heavy (non-hydrogen) atoms. The smallest absolute Gasteiger partial charge is 0.255 e. The van der Waals surface area contributed by atoms with Gasteiger partial charge in [-0.15, -0.1) is 0 Å². The van der Waals surface area contributed by atoms with Gasteiger partial charge in [0.15, 0.2) is 0 Å². The number of sulfonamides is 1. The van der Waals surface area contributed by atoms with Crippen LogP contribution >= 0.6 is 0 Å². The zero-order valence-electron chi connectivity index (χ0n) is 18.1. The molecule has 0 spiro atoms. The van der Waals surface area contributed by atoms with Crippen molar-refractivity contribution in [2.45, 2.75) is 13.8 Å². The second-order valence-electron chi connectivity index (χ2n) is 7.40. The highest BCUT2D eigenvalue weighted by atomic mass is 32.2. The summed E-state index contributed by atoms with van der Waals surface area (Å²) in [6, 6.07) is 20.9. The summed E-state index contributed by atoms with van der Waals surface area (Å²) in [5.74, 6) is -0.756. The molecule has 8 heteroatoms. The lowest BCUT2D eigenvalue weighted by molar-refractivity contribution is -0.114. The quantitative estimate of drug-likeness (QED) is 0.568. The van der Waals surface area contributed by atoms with Crippen LogP contribution in [0.5, 0.6) is 0 Å². The highest BCUT2D eigenvalue weighted by molar-refractivity contribution is 7.92. The molecule has 2 amide bonds. The molecule has 0 bridgehead atoms. The van der Waals surface area contributed by atoms with Crippen molar-refractivity contribution in [3.8, 4) is 0 Å². The van der Waals surface area contributed by atoms with Crippen molar-refractivity contribution < 1.29 is 18.0 Å². The molecule has 0 fully saturated rings. The molecule has 0 aromatic heterocycles. The van der Waals surface area contributed by atoms with Gasteiger partial charge < -0.3 is 10.6 Å². The topological polar surface area (TPSA) is 95.6 Å². The fourth-order valence-corrected chi connectivity index (χ4v) is 4.15. The molecule has 0 unspecified atom stereocenters. The number of carbonyl (C=O) groups is 2. The third kappa shape index (κ3) is 5.53. The van der Waals surface area contributed by atoms with Crippen molar-refractivity contribution >= 4 is 38.9 Å². The van der Waals surface area contributed by atoms with E-state index in [-0.39, 0.29) is 12.5 Å².